The lowest BCUT2D eigenvalue weighted by molar-refractivity contribution is -0.129. The molecule has 2 aromatic rings. The van der Waals surface area contributed by atoms with Crippen LogP contribution in [-0.4, -0.2) is 79.5 Å². The van der Waals surface area contributed by atoms with E-state index in [9.17, 15) is 19.5 Å². The number of anilines is 2. The summed E-state index contributed by atoms with van der Waals surface area (Å²) in [5.41, 5.74) is 1.39. The van der Waals surface area contributed by atoms with E-state index < -0.39 is 11.9 Å². The van der Waals surface area contributed by atoms with Crippen molar-refractivity contribution in [1.29, 1.82) is 0 Å². The van der Waals surface area contributed by atoms with Gasteiger partial charge in [0.2, 0.25) is 5.91 Å². The third-order valence-corrected chi connectivity index (χ3v) is 5.44. The molecule has 9 heteroatoms. The third kappa shape index (κ3) is 5.74. The number of hydrogen-bond acceptors (Lipinski definition) is 5. The number of carboxylic acids is 1. The Morgan fingerprint density at radius 3 is 2.26 bits per heavy atom. The van der Waals surface area contributed by atoms with Gasteiger partial charge in [0.15, 0.2) is 0 Å². The minimum atomic E-state index is -1.12. The normalized spacial score (nSPS) is 14.2. The monoisotopic (exact) mass is 444 g/mol. The molecule has 1 heterocycles. The molecule has 3 rings (SSSR count). The van der Waals surface area contributed by atoms with Gasteiger partial charge in [-0.05, 0) is 42.5 Å². The van der Waals surface area contributed by atoms with E-state index in [0.29, 0.717) is 43.3 Å². The predicted molar refractivity (Wildman–Crippen MR) is 120 cm³/mol. The number of hydrogen-bond donors (Lipinski definition) is 2. The van der Waals surface area contributed by atoms with Gasteiger partial charge in [0.25, 0.3) is 5.91 Å². The number of halogens is 1. The van der Waals surface area contributed by atoms with Crippen molar-refractivity contribution < 1.29 is 19.5 Å². The van der Waals surface area contributed by atoms with E-state index >= 15 is 0 Å². The van der Waals surface area contributed by atoms with Crippen LogP contribution in [0.25, 0.3) is 0 Å². The Morgan fingerprint density at radius 2 is 1.68 bits per heavy atom. The zero-order valence-corrected chi connectivity index (χ0v) is 18.2. The van der Waals surface area contributed by atoms with Crippen LogP contribution < -0.4 is 10.2 Å². The lowest BCUT2D eigenvalue weighted by atomic mass is 10.1. The summed E-state index contributed by atoms with van der Waals surface area (Å²) in [6.07, 6.45) is 0. The maximum atomic E-state index is 12.5. The fraction of sp³-hybridized carbons (Fsp3) is 0.318. The van der Waals surface area contributed by atoms with E-state index in [1.807, 2.05) is 0 Å². The highest BCUT2D eigenvalue weighted by molar-refractivity contribution is 6.30. The summed E-state index contributed by atoms with van der Waals surface area (Å²) in [6, 6.07) is 11.3. The summed E-state index contributed by atoms with van der Waals surface area (Å²) in [5.74, 6) is -1.48. The van der Waals surface area contributed by atoms with Gasteiger partial charge in [0.1, 0.15) is 0 Å². The molecule has 0 aliphatic carbocycles. The van der Waals surface area contributed by atoms with Crippen molar-refractivity contribution in [3.05, 3.63) is 58.6 Å². The van der Waals surface area contributed by atoms with Crippen LogP contribution in [0.1, 0.15) is 20.7 Å². The summed E-state index contributed by atoms with van der Waals surface area (Å²) < 4.78 is 0. The smallest absolute Gasteiger partial charge is 0.337 e. The Labute approximate surface area is 186 Å². The maximum Gasteiger partial charge on any atom is 0.337 e. The van der Waals surface area contributed by atoms with Crippen LogP contribution in [0.15, 0.2) is 42.5 Å². The van der Waals surface area contributed by atoms with Gasteiger partial charge in [0, 0.05) is 56.5 Å². The van der Waals surface area contributed by atoms with Gasteiger partial charge < -0.3 is 20.2 Å². The number of carbonyl (C=O) groups is 3. The van der Waals surface area contributed by atoms with Crippen molar-refractivity contribution >= 4 is 40.8 Å². The van der Waals surface area contributed by atoms with Crippen molar-refractivity contribution in [2.45, 2.75) is 0 Å². The SMILES string of the molecule is CN(C)C(=O)CN1CCN(c2ccc(NC(=O)c3ccc(Cl)cc3)c(C(=O)O)c2)CC1. The first-order chi connectivity index (χ1) is 14.7. The fourth-order valence-corrected chi connectivity index (χ4v) is 3.43. The summed E-state index contributed by atoms with van der Waals surface area (Å²) in [7, 11) is 3.47. The Balaban J connectivity index is 1.69. The number of benzene rings is 2. The minimum Gasteiger partial charge on any atom is -0.478 e. The number of carboxylic acid groups (broad SMARTS) is 1. The van der Waals surface area contributed by atoms with Crippen molar-refractivity contribution in [1.82, 2.24) is 9.80 Å². The summed E-state index contributed by atoms with van der Waals surface area (Å²) >= 11 is 5.85. The van der Waals surface area contributed by atoms with Gasteiger partial charge in [-0.3, -0.25) is 14.5 Å². The average Bonchev–Trinajstić information content (AvgIpc) is 2.74. The molecule has 0 saturated carbocycles. The second-order valence-corrected chi connectivity index (χ2v) is 7.98. The number of amides is 2. The standard InChI is InChI=1S/C22H25ClN4O4/c1-25(2)20(28)14-26-9-11-27(12-10-26)17-7-8-19(18(13-17)22(30)31)24-21(29)15-3-5-16(23)6-4-15/h3-8,13H,9-12,14H2,1-2H3,(H,24,29)(H,30,31). The number of piperazine rings is 1. The minimum absolute atomic E-state index is 0.0185. The predicted octanol–water partition coefficient (Wildman–Crippen LogP) is 2.50. The molecule has 0 bridgehead atoms. The molecule has 1 saturated heterocycles. The molecule has 0 aromatic heterocycles. The number of carbonyl (C=O) groups excluding carboxylic acids is 2. The first-order valence-electron chi connectivity index (χ1n) is 9.86. The molecule has 2 aromatic carbocycles. The molecule has 2 amide bonds. The van der Waals surface area contributed by atoms with Crippen LogP contribution in [0.2, 0.25) is 5.02 Å². The van der Waals surface area contributed by atoms with Crippen LogP contribution in [-0.2, 0) is 4.79 Å². The van der Waals surface area contributed by atoms with E-state index in [4.69, 9.17) is 11.6 Å². The molecule has 0 spiro atoms. The van der Waals surface area contributed by atoms with E-state index in [2.05, 4.69) is 15.1 Å². The molecule has 8 nitrogen and oxygen atoms in total. The highest BCUT2D eigenvalue weighted by Crippen LogP contribution is 2.25. The topological polar surface area (TPSA) is 93.2 Å². The average molecular weight is 445 g/mol. The second kappa shape index (κ2) is 9.80. The number of nitrogens with one attached hydrogen (secondary N) is 1. The lowest BCUT2D eigenvalue weighted by Gasteiger charge is -2.36. The second-order valence-electron chi connectivity index (χ2n) is 7.55. The Kier molecular flexibility index (Phi) is 7.14. The Hall–Kier alpha value is -3.10. The molecule has 1 aliphatic rings. The Bertz CT molecular complexity index is 970. The first-order valence-corrected chi connectivity index (χ1v) is 10.2. The van der Waals surface area contributed by atoms with E-state index in [0.717, 1.165) is 5.69 Å². The van der Waals surface area contributed by atoms with Gasteiger partial charge in [-0.1, -0.05) is 11.6 Å². The molecule has 1 fully saturated rings. The first kappa shape index (κ1) is 22.6. The van der Waals surface area contributed by atoms with E-state index in [1.54, 1.807) is 61.5 Å². The molecular formula is C22H25ClN4O4. The number of nitrogens with zero attached hydrogens (tertiary/aromatic N) is 3. The fourth-order valence-electron chi connectivity index (χ4n) is 3.31. The van der Waals surface area contributed by atoms with Gasteiger partial charge in [-0.2, -0.15) is 0 Å². The lowest BCUT2D eigenvalue weighted by Crippen LogP contribution is -2.49. The molecule has 1 aliphatic heterocycles. The maximum absolute atomic E-state index is 12.5. The van der Waals surface area contributed by atoms with Gasteiger partial charge >= 0.3 is 5.97 Å². The largest absolute Gasteiger partial charge is 0.478 e. The van der Waals surface area contributed by atoms with Crippen LogP contribution >= 0.6 is 11.6 Å². The van der Waals surface area contributed by atoms with Crippen molar-refractivity contribution in [3.63, 3.8) is 0 Å². The third-order valence-electron chi connectivity index (χ3n) is 5.18. The molecule has 0 radical (unpaired) electrons. The van der Waals surface area contributed by atoms with Crippen LogP contribution in [0.4, 0.5) is 11.4 Å². The summed E-state index contributed by atoms with van der Waals surface area (Å²) in [5, 5.41) is 12.8. The van der Waals surface area contributed by atoms with E-state index in [-0.39, 0.29) is 17.2 Å². The Morgan fingerprint density at radius 1 is 1.03 bits per heavy atom. The zero-order chi connectivity index (χ0) is 22.5. The molecule has 0 unspecified atom stereocenters. The molecule has 0 atom stereocenters. The van der Waals surface area contributed by atoms with E-state index in [1.165, 1.54) is 0 Å². The highest BCUT2D eigenvalue weighted by atomic mass is 35.5. The molecule has 31 heavy (non-hydrogen) atoms. The molecule has 164 valence electrons. The molecular weight excluding hydrogens is 420 g/mol. The van der Waals surface area contributed by atoms with Crippen LogP contribution in [0.5, 0.6) is 0 Å². The highest BCUT2D eigenvalue weighted by Gasteiger charge is 2.22. The quantitative estimate of drug-likeness (QED) is 0.711. The van der Waals surface area contributed by atoms with Gasteiger partial charge in [-0.15, -0.1) is 0 Å². The van der Waals surface area contributed by atoms with Crippen LogP contribution in [0, 0.1) is 0 Å². The van der Waals surface area contributed by atoms with Gasteiger partial charge in [-0.25, -0.2) is 4.79 Å². The zero-order valence-electron chi connectivity index (χ0n) is 17.5. The van der Waals surface area contributed by atoms with Crippen molar-refractivity contribution in [2.75, 3.05) is 57.0 Å². The van der Waals surface area contributed by atoms with Gasteiger partial charge in [0.05, 0.1) is 17.8 Å². The summed E-state index contributed by atoms with van der Waals surface area (Å²) in [6.45, 7) is 3.14. The van der Waals surface area contributed by atoms with Crippen molar-refractivity contribution in [2.24, 2.45) is 0 Å². The number of likely N-dealkylation sites (N-methyl/N-ethyl adjacent to an activating group) is 1. The molecule has 2 N–H and O–H groups in total. The van der Waals surface area contributed by atoms with Crippen molar-refractivity contribution in [3.8, 4) is 0 Å². The number of rotatable bonds is 6. The summed E-state index contributed by atoms with van der Waals surface area (Å²) in [4.78, 5) is 41.9. The van der Waals surface area contributed by atoms with Crippen LogP contribution in [0.3, 0.4) is 0 Å². The number of aromatic carboxylic acids is 1.